The lowest BCUT2D eigenvalue weighted by Gasteiger charge is -2.34. The molecular formula is C27H28N2O5S. The highest BCUT2D eigenvalue weighted by Gasteiger charge is 2.26. The average Bonchev–Trinajstić information content (AvgIpc) is 3.45. The molecular weight excluding hydrogens is 464 g/mol. The van der Waals surface area contributed by atoms with E-state index in [-0.39, 0.29) is 11.8 Å². The van der Waals surface area contributed by atoms with E-state index in [1.54, 1.807) is 39.3 Å². The van der Waals surface area contributed by atoms with Crippen molar-refractivity contribution >= 4 is 28.7 Å². The van der Waals surface area contributed by atoms with Crippen molar-refractivity contribution in [1.82, 2.24) is 9.80 Å². The summed E-state index contributed by atoms with van der Waals surface area (Å²) in [7, 11) is 4.56. The van der Waals surface area contributed by atoms with Crippen LogP contribution in [-0.4, -0.2) is 69.1 Å². The monoisotopic (exact) mass is 492 g/mol. The first-order valence-electron chi connectivity index (χ1n) is 11.2. The molecule has 0 spiro atoms. The number of carbonyl (C=O) groups is 2. The summed E-state index contributed by atoms with van der Waals surface area (Å²) < 4.78 is 16.1. The van der Waals surface area contributed by atoms with Crippen molar-refractivity contribution < 1.29 is 23.8 Å². The number of ether oxygens (including phenoxy) is 3. The van der Waals surface area contributed by atoms with Crippen LogP contribution in [0.3, 0.4) is 0 Å². The molecule has 2 heterocycles. The molecule has 0 unspecified atom stereocenters. The van der Waals surface area contributed by atoms with Crippen LogP contribution in [0.5, 0.6) is 17.2 Å². The van der Waals surface area contributed by atoms with Crippen molar-refractivity contribution in [3.63, 3.8) is 0 Å². The van der Waals surface area contributed by atoms with Gasteiger partial charge in [-0.05, 0) is 29.1 Å². The summed E-state index contributed by atoms with van der Waals surface area (Å²) in [5.74, 6) is 1.09. The van der Waals surface area contributed by atoms with Gasteiger partial charge in [0.05, 0.1) is 21.3 Å². The minimum absolute atomic E-state index is 0.0582. The molecule has 0 N–H and O–H groups in total. The van der Waals surface area contributed by atoms with E-state index in [0.29, 0.717) is 49.0 Å². The highest BCUT2D eigenvalue weighted by molar-refractivity contribution is 7.11. The number of amides is 2. The minimum Gasteiger partial charge on any atom is -0.493 e. The van der Waals surface area contributed by atoms with Gasteiger partial charge in [-0.1, -0.05) is 36.4 Å². The second kappa shape index (κ2) is 11.1. The van der Waals surface area contributed by atoms with Crippen LogP contribution >= 0.6 is 11.3 Å². The van der Waals surface area contributed by atoms with Crippen LogP contribution in [-0.2, 0) is 4.79 Å². The van der Waals surface area contributed by atoms with E-state index < -0.39 is 0 Å². The van der Waals surface area contributed by atoms with Gasteiger partial charge in [-0.2, -0.15) is 0 Å². The van der Waals surface area contributed by atoms with E-state index in [9.17, 15) is 9.59 Å². The second-order valence-corrected chi connectivity index (χ2v) is 8.88. The Morgan fingerprint density at radius 2 is 1.43 bits per heavy atom. The Kier molecular flexibility index (Phi) is 7.72. The summed E-state index contributed by atoms with van der Waals surface area (Å²) in [6, 6.07) is 17.2. The quantitative estimate of drug-likeness (QED) is 0.463. The highest BCUT2D eigenvalue weighted by Crippen LogP contribution is 2.38. The molecule has 35 heavy (non-hydrogen) atoms. The molecule has 8 heteroatoms. The molecule has 0 atom stereocenters. The van der Waals surface area contributed by atoms with Crippen LogP contribution in [0.15, 0.2) is 66.1 Å². The third-order valence-electron chi connectivity index (χ3n) is 5.93. The van der Waals surface area contributed by atoms with E-state index >= 15 is 0 Å². The van der Waals surface area contributed by atoms with Crippen LogP contribution in [0.4, 0.5) is 0 Å². The Morgan fingerprint density at radius 1 is 0.800 bits per heavy atom. The number of benzene rings is 2. The molecule has 1 aliphatic heterocycles. The molecule has 0 bridgehead atoms. The van der Waals surface area contributed by atoms with Crippen molar-refractivity contribution in [2.75, 3.05) is 47.5 Å². The Hall–Kier alpha value is -3.78. The summed E-state index contributed by atoms with van der Waals surface area (Å²) in [6.45, 7) is 1.79. The summed E-state index contributed by atoms with van der Waals surface area (Å²) in [6.07, 6.45) is 1.71. The molecule has 4 rings (SSSR count). The number of nitrogens with zero attached hydrogens (tertiary/aromatic N) is 2. The number of piperazine rings is 1. The fraction of sp³-hybridized carbons (Fsp3) is 0.259. The molecule has 1 aromatic heterocycles. The lowest BCUT2D eigenvalue weighted by atomic mass is 10.0. The Morgan fingerprint density at radius 3 is 1.97 bits per heavy atom. The summed E-state index contributed by atoms with van der Waals surface area (Å²) in [4.78, 5) is 30.9. The van der Waals surface area contributed by atoms with Gasteiger partial charge in [-0.15, -0.1) is 11.3 Å². The molecule has 1 fully saturated rings. The number of hydrogen-bond acceptors (Lipinski definition) is 6. The van der Waals surface area contributed by atoms with Crippen molar-refractivity contribution in [3.8, 4) is 17.2 Å². The van der Waals surface area contributed by atoms with Gasteiger partial charge in [0.1, 0.15) is 0 Å². The largest absolute Gasteiger partial charge is 0.493 e. The van der Waals surface area contributed by atoms with Crippen LogP contribution in [0.2, 0.25) is 0 Å². The zero-order valence-corrected chi connectivity index (χ0v) is 20.8. The summed E-state index contributed by atoms with van der Waals surface area (Å²) in [5, 5.41) is 2.00. The number of rotatable bonds is 7. The summed E-state index contributed by atoms with van der Waals surface area (Å²) in [5.41, 5.74) is 2.35. The van der Waals surface area contributed by atoms with E-state index in [4.69, 9.17) is 14.2 Å². The first kappa shape index (κ1) is 24.3. The topological polar surface area (TPSA) is 68.3 Å². The molecule has 2 amide bonds. The third kappa shape index (κ3) is 5.33. The van der Waals surface area contributed by atoms with Crippen LogP contribution in [0.25, 0.3) is 5.57 Å². The maximum Gasteiger partial charge on any atom is 0.254 e. The van der Waals surface area contributed by atoms with E-state index in [0.717, 1.165) is 16.0 Å². The van der Waals surface area contributed by atoms with Crippen LogP contribution in [0.1, 0.15) is 20.8 Å². The predicted molar refractivity (Wildman–Crippen MR) is 136 cm³/mol. The number of hydrogen-bond donors (Lipinski definition) is 0. The van der Waals surface area contributed by atoms with Crippen LogP contribution < -0.4 is 14.2 Å². The highest BCUT2D eigenvalue weighted by atomic mass is 32.1. The standard InChI is InChI=1S/C27H28N2O5S/c1-32-22-16-20(17-23(33-2)26(22)34-3)27(31)29-13-11-28(12-14-29)25(30)18-21(24-10-7-15-35-24)19-8-5-4-6-9-19/h4-10,15-18H,11-14H2,1-3H3/b21-18-. The van der Waals surface area contributed by atoms with Gasteiger partial charge in [0, 0.05) is 48.3 Å². The first-order chi connectivity index (χ1) is 17.0. The number of thiophene rings is 1. The van der Waals surface area contributed by atoms with Gasteiger partial charge in [-0.3, -0.25) is 9.59 Å². The van der Waals surface area contributed by atoms with Gasteiger partial charge in [-0.25, -0.2) is 0 Å². The lowest BCUT2D eigenvalue weighted by Crippen LogP contribution is -2.50. The number of methoxy groups -OCH3 is 3. The Bertz CT molecular complexity index is 1170. The Balaban J connectivity index is 1.47. The van der Waals surface area contributed by atoms with Gasteiger partial charge >= 0.3 is 0 Å². The summed E-state index contributed by atoms with van der Waals surface area (Å²) >= 11 is 1.60. The fourth-order valence-electron chi connectivity index (χ4n) is 4.08. The molecule has 1 saturated heterocycles. The van der Waals surface area contributed by atoms with Crippen molar-refractivity contribution in [1.29, 1.82) is 0 Å². The maximum atomic E-state index is 13.2. The average molecular weight is 493 g/mol. The predicted octanol–water partition coefficient (Wildman–Crippen LogP) is 4.19. The Labute approximate surface area is 209 Å². The van der Waals surface area contributed by atoms with E-state index in [1.165, 1.54) is 21.3 Å². The van der Waals surface area contributed by atoms with Crippen LogP contribution in [0, 0.1) is 0 Å². The molecule has 0 saturated carbocycles. The minimum atomic E-state index is -0.143. The zero-order chi connectivity index (χ0) is 24.8. The van der Waals surface area contributed by atoms with E-state index in [2.05, 4.69) is 0 Å². The molecule has 0 aliphatic carbocycles. The molecule has 0 radical (unpaired) electrons. The fourth-order valence-corrected chi connectivity index (χ4v) is 4.84. The smallest absolute Gasteiger partial charge is 0.254 e. The maximum absolute atomic E-state index is 13.2. The molecule has 3 aromatic rings. The first-order valence-corrected chi connectivity index (χ1v) is 12.1. The van der Waals surface area contributed by atoms with Crippen molar-refractivity contribution in [2.24, 2.45) is 0 Å². The molecule has 2 aromatic carbocycles. The SMILES string of the molecule is COc1cc(C(=O)N2CCN(C(=O)/C=C(/c3ccccc3)c3cccs3)CC2)cc(OC)c1OC. The molecule has 1 aliphatic rings. The lowest BCUT2D eigenvalue weighted by molar-refractivity contribution is -0.127. The van der Waals surface area contributed by atoms with Gasteiger partial charge in [0.2, 0.25) is 11.7 Å². The normalized spacial score (nSPS) is 14.0. The van der Waals surface area contributed by atoms with Gasteiger partial charge in [0.25, 0.3) is 5.91 Å². The number of carbonyl (C=O) groups excluding carboxylic acids is 2. The third-order valence-corrected chi connectivity index (χ3v) is 6.83. The molecule has 7 nitrogen and oxygen atoms in total. The van der Waals surface area contributed by atoms with Crippen molar-refractivity contribution in [2.45, 2.75) is 0 Å². The molecule has 182 valence electrons. The second-order valence-electron chi connectivity index (χ2n) is 7.93. The zero-order valence-electron chi connectivity index (χ0n) is 20.0. The van der Waals surface area contributed by atoms with E-state index in [1.807, 2.05) is 47.8 Å². The van der Waals surface area contributed by atoms with Gasteiger partial charge < -0.3 is 24.0 Å². The van der Waals surface area contributed by atoms with Crippen molar-refractivity contribution in [3.05, 3.63) is 82.1 Å². The van der Waals surface area contributed by atoms with Gasteiger partial charge in [0.15, 0.2) is 11.5 Å².